The van der Waals surface area contributed by atoms with Crippen molar-refractivity contribution in [2.45, 2.75) is 40.5 Å². The molecule has 0 saturated carbocycles. The quantitative estimate of drug-likeness (QED) is 0.356. The summed E-state index contributed by atoms with van der Waals surface area (Å²) < 4.78 is 5.29. The number of nitrogens with zero attached hydrogens (tertiary/aromatic N) is 1. The minimum Gasteiger partial charge on any atom is -0.497 e. The van der Waals surface area contributed by atoms with E-state index in [1.54, 1.807) is 7.11 Å². The normalized spacial score (nSPS) is 10.9. The van der Waals surface area contributed by atoms with Gasteiger partial charge in [-0.15, -0.1) is 0 Å². The summed E-state index contributed by atoms with van der Waals surface area (Å²) in [5.74, 6) is 0.672. The van der Waals surface area contributed by atoms with E-state index in [0.29, 0.717) is 5.56 Å². The van der Waals surface area contributed by atoms with E-state index in [0.717, 1.165) is 68.7 Å². The lowest BCUT2D eigenvalue weighted by molar-refractivity contribution is 0.102. The van der Waals surface area contributed by atoms with Crippen LogP contribution in [0.25, 0.3) is 22.2 Å². The number of aryl methyl sites for hydroxylation is 4. The van der Waals surface area contributed by atoms with E-state index >= 15 is 0 Å². The molecular formula is C29H30N2O2. The van der Waals surface area contributed by atoms with Crippen LogP contribution < -0.4 is 10.1 Å². The van der Waals surface area contributed by atoms with Crippen LogP contribution in [-0.4, -0.2) is 18.0 Å². The summed E-state index contributed by atoms with van der Waals surface area (Å²) >= 11 is 0. The fourth-order valence-corrected chi connectivity index (χ4v) is 4.36. The van der Waals surface area contributed by atoms with E-state index in [4.69, 9.17) is 9.72 Å². The molecule has 0 aliphatic heterocycles. The Labute approximate surface area is 195 Å². The first-order valence-corrected chi connectivity index (χ1v) is 11.4. The zero-order chi connectivity index (χ0) is 23.5. The molecule has 0 aliphatic carbocycles. The number of amides is 1. The Morgan fingerprint density at radius 1 is 0.939 bits per heavy atom. The van der Waals surface area contributed by atoms with Gasteiger partial charge in [0.1, 0.15) is 5.75 Å². The fourth-order valence-electron chi connectivity index (χ4n) is 4.36. The number of pyridine rings is 1. The average molecular weight is 439 g/mol. The summed E-state index contributed by atoms with van der Waals surface area (Å²) in [6.07, 6.45) is 1.71. The average Bonchev–Trinajstić information content (AvgIpc) is 2.83. The van der Waals surface area contributed by atoms with Gasteiger partial charge in [0.05, 0.1) is 23.9 Å². The van der Waals surface area contributed by atoms with Crippen molar-refractivity contribution in [2.24, 2.45) is 0 Å². The topological polar surface area (TPSA) is 51.2 Å². The van der Waals surface area contributed by atoms with Crippen molar-refractivity contribution in [2.75, 3.05) is 12.4 Å². The van der Waals surface area contributed by atoms with Gasteiger partial charge in [0, 0.05) is 16.6 Å². The molecule has 0 unspecified atom stereocenters. The van der Waals surface area contributed by atoms with Crippen molar-refractivity contribution < 1.29 is 9.53 Å². The predicted octanol–water partition coefficient (Wildman–Crippen LogP) is 6.90. The smallest absolute Gasteiger partial charge is 0.256 e. The van der Waals surface area contributed by atoms with Gasteiger partial charge < -0.3 is 10.1 Å². The van der Waals surface area contributed by atoms with Crippen LogP contribution >= 0.6 is 0 Å². The van der Waals surface area contributed by atoms with Crippen LogP contribution in [0.15, 0.2) is 60.7 Å². The SMILES string of the molecule is CCc1cccc(CC)c1NC(=O)c1cc(-c2ccc(OC)cc2)nc2c(C)cc(C)cc12. The molecule has 1 N–H and O–H groups in total. The summed E-state index contributed by atoms with van der Waals surface area (Å²) in [5.41, 5.74) is 8.55. The van der Waals surface area contributed by atoms with Gasteiger partial charge in [-0.25, -0.2) is 4.98 Å². The van der Waals surface area contributed by atoms with Crippen molar-refractivity contribution in [3.8, 4) is 17.0 Å². The lowest BCUT2D eigenvalue weighted by atomic mass is 9.98. The lowest BCUT2D eigenvalue weighted by Crippen LogP contribution is -2.16. The highest BCUT2D eigenvalue weighted by Crippen LogP contribution is 2.30. The number of ether oxygens (including phenoxy) is 1. The predicted molar refractivity (Wildman–Crippen MR) is 136 cm³/mol. The van der Waals surface area contributed by atoms with Gasteiger partial charge in [-0.2, -0.15) is 0 Å². The first-order valence-electron chi connectivity index (χ1n) is 11.4. The first kappa shape index (κ1) is 22.5. The maximum absolute atomic E-state index is 13.7. The van der Waals surface area contributed by atoms with Crippen LogP contribution in [0.1, 0.15) is 46.5 Å². The Bertz CT molecular complexity index is 1300. The molecule has 0 bridgehead atoms. The number of anilines is 1. The van der Waals surface area contributed by atoms with Crippen molar-refractivity contribution in [1.29, 1.82) is 0 Å². The molecule has 0 aliphatic rings. The van der Waals surface area contributed by atoms with Gasteiger partial charge in [0.25, 0.3) is 5.91 Å². The molecule has 0 radical (unpaired) electrons. The zero-order valence-corrected chi connectivity index (χ0v) is 20.0. The second-order valence-electron chi connectivity index (χ2n) is 8.37. The second-order valence-corrected chi connectivity index (χ2v) is 8.37. The molecule has 0 saturated heterocycles. The molecule has 4 heteroatoms. The number of carbonyl (C=O) groups excluding carboxylic acids is 1. The molecule has 4 nitrogen and oxygen atoms in total. The Kier molecular flexibility index (Phi) is 6.45. The molecule has 0 fully saturated rings. The number of aromatic nitrogens is 1. The molecule has 4 aromatic rings. The second kappa shape index (κ2) is 9.45. The zero-order valence-electron chi connectivity index (χ0n) is 20.0. The van der Waals surface area contributed by atoms with E-state index < -0.39 is 0 Å². The van der Waals surface area contributed by atoms with E-state index in [9.17, 15) is 4.79 Å². The highest BCUT2D eigenvalue weighted by molar-refractivity contribution is 6.14. The Balaban J connectivity index is 1.88. The molecule has 33 heavy (non-hydrogen) atoms. The van der Waals surface area contributed by atoms with E-state index in [1.165, 1.54) is 0 Å². The largest absolute Gasteiger partial charge is 0.497 e. The number of nitrogens with one attached hydrogen (secondary N) is 1. The molecule has 0 atom stereocenters. The third kappa shape index (κ3) is 4.47. The van der Waals surface area contributed by atoms with Crippen LogP contribution in [-0.2, 0) is 12.8 Å². The highest BCUT2D eigenvalue weighted by atomic mass is 16.5. The molecule has 1 heterocycles. The number of carbonyl (C=O) groups is 1. The summed E-state index contributed by atoms with van der Waals surface area (Å²) in [4.78, 5) is 18.7. The number of fused-ring (bicyclic) bond motifs is 1. The third-order valence-electron chi connectivity index (χ3n) is 6.12. The van der Waals surface area contributed by atoms with Gasteiger partial charge in [-0.3, -0.25) is 4.79 Å². The van der Waals surface area contributed by atoms with Gasteiger partial charge in [0.2, 0.25) is 0 Å². The lowest BCUT2D eigenvalue weighted by Gasteiger charge is -2.17. The number of hydrogen-bond donors (Lipinski definition) is 1. The number of rotatable bonds is 6. The van der Waals surface area contributed by atoms with E-state index in [2.05, 4.69) is 49.5 Å². The van der Waals surface area contributed by atoms with Crippen LogP contribution in [0.4, 0.5) is 5.69 Å². The van der Waals surface area contributed by atoms with E-state index in [1.807, 2.05) is 44.2 Å². The van der Waals surface area contributed by atoms with Gasteiger partial charge in [0.15, 0.2) is 0 Å². The van der Waals surface area contributed by atoms with Crippen LogP contribution in [0.3, 0.4) is 0 Å². The summed E-state index contributed by atoms with van der Waals surface area (Å²) in [5, 5.41) is 4.11. The van der Waals surface area contributed by atoms with Crippen LogP contribution in [0.2, 0.25) is 0 Å². The highest BCUT2D eigenvalue weighted by Gasteiger charge is 2.18. The molecular weight excluding hydrogens is 408 g/mol. The Hall–Kier alpha value is -3.66. The first-order chi connectivity index (χ1) is 15.9. The van der Waals surface area contributed by atoms with Crippen molar-refractivity contribution >= 4 is 22.5 Å². The van der Waals surface area contributed by atoms with Gasteiger partial charge in [-0.05, 0) is 79.8 Å². The maximum atomic E-state index is 13.7. The molecule has 3 aromatic carbocycles. The Morgan fingerprint density at radius 2 is 1.61 bits per heavy atom. The van der Waals surface area contributed by atoms with Gasteiger partial charge >= 0.3 is 0 Å². The minimum absolute atomic E-state index is 0.113. The number of hydrogen-bond acceptors (Lipinski definition) is 3. The monoisotopic (exact) mass is 438 g/mol. The number of methoxy groups -OCH3 is 1. The number of para-hydroxylation sites is 1. The fraction of sp³-hybridized carbons (Fsp3) is 0.241. The molecule has 1 aromatic heterocycles. The Morgan fingerprint density at radius 3 is 2.21 bits per heavy atom. The standard InChI is InChI=1S/C29H30N2O2/c1-6-20-9-8-10-21(7-2)28(20)31-29(32)25-17-26(22-11-13-23(33-5)14-12-22)30-27-19(4)15-18(3)16-24(25)27/h8-17H,6-7H2,1-5H3,(H,31,32). The molecule has 168 valence electrons. The molecule has 0 spiro atoms. The minimum atomic E-state index is -0.113. The summed E-state index contributed by atoms with van der Waals surface area (Å²) in [6, 6.07) is 20.0. The summed E-state index contributed by atoms with van der Waals surface area (Å²) in [7, 11) is 1.65. The number of benzene rings is 3. The van der Waals surface area contributed by atoms with E-state index in [-0.39, 0.29) is 5.91 Å². The summed E-state index contributed by atoms with van der Waals surface area (Å²) in [6.45, 7) is 8.32. The van der Waals surface area contributed by atoms with Crippen LogP contribution in [0.5, 0.6) is 5.75 Å². The molecule has 4 rings (SSSR count). The van der Waals surface area contributed by atoms with Crippen molar-refractivity contribution in [1.82, 2.24) is 4.98 Å². The molecule has 1 amide bonds. The van der Waals surface area contributed by atoms with Crippen molar-refractivity contribution in [3.05, 3.63) is 88.5 Å². The van der Waals surface area contributed by atoms with Crippen LogP contribution in [0, 0.1) is 13.8 Å². The van der Waals surface area contributed by atoms with Gasteiger partial charge in [-0.1, -0.05) is 43.7 Å². The maximum Gasteiger partial charge on any atom is 0.256 e. The third-order valence-corrected chi connectivity index (χ3v) is 6.12. The van der Waals surface area contributed by atoms with Crippen molar-refractivity contribution in [3.63, 3.8) is 0 Å².